The van der Waals surface area contributed by atoms with Crippen molar-refractivity contribution < 1.29 is 14.4 Å². The standard InChI is InChI=1S/C19H14N4O3/c20-18-17(22(25)15-7-3-4-8-16(15)23(18)26)19(24)21-14-10-9-12-5-1-2-6-13(12)11-14/h1-11,25H,(H2-,20,21,24)/p+1. The van der Waals surface area contributed by atoms with Crippen molar-refractivity contribution in [2.45, 2.75) is 0 Å². The van der Waals surface area contributed by atoms with Gasteiger partial charge < -0.3 is 10.5 Å². The molecule has 7 nitrogen and oxygen atoms in total. The highest BCUT2D eigenvalue weighted by atomic mass is 16.5. The largest absolute Gasteiger partial charge is 0.427 e. The average molecular weight is 347 g/mol. The lowest BCUT2D eigenvalue weighted by Gasteiger charge is -2.10. The molecule has 4 N–H and O–H groups in total. The Labute approximate surface area is 147 Å². The molecule has 0 saturated carbocycles. The molecule has 0 fully saturated rings. The molecule has 1 amide bonds. The molecule has 0 aliphatic heterocycles. The minimum atomic E-state index is -0.685. The van der Waals surface area contributed by atoms with Gasteiger partial charge in [0.15, 0.2) is 0 Å². The van der Waals surface area contributed by atoms with Gasteiger partial charge in [0.2, 0.25) is 11.2 Å². The lowest BCUT2D eigenvalue weighted by Crippen LogP contribution is -2.31. The molecule has 0 bridgehead atoms. The molecule has 0 unspecified atom stereocenters. The van der Waals surface area contributed by atoms with Crippen molar-refractivity contribution in [3.05, 3.63) is 77.3 Å². The quantitative estimate of drug-likeness (QED) is 0.383. The predicted molar refractivity (Wildman–Crippen MR) is 98.8 cm³/mol. The molecule has 26 heavy (non-hydrogen) atoms. The fraction of sp³-hybridized carbons (Fsp3) is 0. The molecule has 128 valence electrons. The van der Waals surface area contributed by atoms with E-state index in [1.165, 1.54) is 12.1 Å². The Morgan fingerprint density at radius 3 is 2.50 bits per heavy atom. The highest BCUT2D eigenvalue weighted by Crippen LogP contribution is 2.21. The van der Waals surface area contributed by atoms with Crippen LogP contribution in [-0.2, 0) is 0 Å². The molecule has 0 radical (unpaired) electrons. The van der Waals surface area contributed by atoms with Crippen molar-refractivity contribution >= 4 is 39.2 Å². The Hall–Kier alpha value is -3.87. The van der Waals surface area contributed by atoms with Crippen LogP contribution in [0.4, 0.5) is 11.5 Å². The van der Waals surface area contributed by atoms with Crippen molar-refractivity contribution in [3.8, 4) is 0 Å². The molecular formula is C19H15N4O3+. The fourth-order valence-electron chi connectivity index (χ4n) is 2.94. The third-order valence-corrected chi connectivity index (χ3v) is 4.22. The zero-order valence-corrected chi connectivity index (χ0v) is 13.6. The zero-order chi connectivity index (χ0) is 18.3. The normalized spacial score (nSPS) is 10.9. The Balaban J connectivity index is 1.79. The monoisotopic (exact) mass is 347 g/mol. The number of nitrogens with two attached hydrogens (primary N) is 1. The molecule has 0 aliphatic rings. The van der Waals surface area contributed by atoms with E-state index in [4.69, 9.17) is 5.73 Å². The number of nitrogens with zero attached hydrogens (tertiary/aromatic N) is 2. The summed E-state index contributed by atoms with van der Waals surface area (Å²) in [5.74, 6) is -1.07. The summed E-state index contributed by atoms with van der Waals surface area (Å²) in [6.45, 7) is 0. The fourth-order valence-corrected chi connectivity index (χ4v) is 2.94. The predicted octanol–water partition coefficient (Wildman–Crippen LogP) is 2.78. The summed E-state index contributed by atoms with van der Waals surface area (Å²) in [6, 6.07) is 19.5. The van der Waals surface area contributed by atoms with E-state index >= 15 is 0 Å². The average Bonchev–Trinajstić information content (AvgIpc) is 2.66. The molecular weight excluding hydrogens is 332 g/mol. The summed E-state index contributed by atoms with van der Waals surface area (Å²) >= 11 is 0. The van der Waals surface area contributed by atoms with Gasteiger partial charge >= 0.3 is 5.82 Å². The Morgan fingerprint density at radius 1 is 1.00 bits per heavy atom. The summed E-state index contributed by atoms with van der Waals surface area (Å²) in [4.78, 5) is 25.0. The van der Waals surface area contributed by atoms with Gasteiger partial charge in [-0.25, -0.2) is 0 Å². The lowest BCUT2D eigenvalue weighted by molar-refractivity contribution is -0.448. The van der Waals surface area contributed by atoms with E-state index in [9.17, 15) is 14.9 Å². The number of hydrogen-bond donors (Lipinski definition) is 3. The van der Waals surface area contributed by atoms with Crippen LogP contribution in [0.5, 0.6) is 0 Å². The maximum Gasteiger partial charge on any atom is 0.351 e. The number of fused-ring (bicyclic) bond motifs is 2. The van der Waals surface area contributed by atoms with Crippen LogP contribution in [0.1, 0.15) is 10.5 Å². The van der Waals surface area contributed by atoms with Gasteiger partial charge in [-0.05, 0) is 35.0 Å². The van der Waals surface area contributed by atoms with Crippen molar-refractivity contribution in [3.63, 3.8) is 0 Å². The summed E-state index contributed by atoms with van der Waals surface area (Å²) < 4.78 is 1.06. The van der Waals surface area contributed by atoms with E-state index < -0.39 is 5.91 Å². The Kier molecular flexibility index (Phi) is 3.54. The number of nitrogens with one attached hydrogen (secondary N) is 1. The van der Waals surface area contributed by atoms with Crippen LogP contribution in [0.15, 0.2) is 66.7 Å². The highest BCUT2D eigenvalue weighted by Gasteiger charge is 2.26. The molecule has 3 aromatic carbocycles. The van der Waals surface area contributed by atoms with Gasteiger partial charge in [0.25, 0.3) is 5.91 Å². The number of carbonyl (C=O) groups is 1. The molecule has 4 rings (SSSR count). The van der Waals surface area contributed by atoms with E-state index in [1.54, 1.807) is 24.3 Å². The number of benzene rings is 3. The van der Waals surface area contributed by atoms with E-state index in [2.05, 4.69) is 5.32 Å². The molecule has 1 heterocycles. The van der Waals surface area contributed by atoms with Crippen LogP contribution in [0.3, 0.4) is 0 Å². The maximum atomic E-state index is 12.7. The van der Waals surface area contributed by atoms with Gasteiger partial charge in [-0.2, -0.15) is 4.73 Å². The first kappa shape index (κ1) is 15.6. The molecule has 0 aliphatic carbocycles. The van der Waals surface area contributed by atoms with Crippen LogP contribution < -0.4 is 15.5 Å². The molecule has 0 saturated heterocycles. The smallest absolute Gasteiger partial charge is 0.351 e. The van der Waals surface area contributed by atoms with Crippen LogP contribution in [0.25, 0.3) is 21.8 Å². The van der Waals surface area contributed by atoms with E-state index in [-0.39, 0.29) is 22.5 Å². The number of amides is 1. The van der Waals surface area contributed by atoms with Crippen LogP contribution in [0, 0.1) is 4.91 Å². The van der Waals surface area contributed by atoms with E-state index in [1.807, 2.05) is 30.3 Å². The number of anilines is 2. The molecule has 4 aromatic rings. The Morgan fingerprint density at radius 2 is 1.69 bits per heavy atom. The number of hydrogen-bond acceptors (Lipinski definition) is 4. The minimum Gasteiger partial charge on any atom is -0.427 e. The topological polar surface area (TPSA) is 103 Å². The third kappa shape index (κ3) is 2.42. The number of rotatable bonds is 2. The third-order valence-electron chi connectivity index (χ3n) is 4.22. The van der Waals surface area contributed by atoms with Gasteiger partial charge in [0.05, 0.1) is 0 Å². The van der Waals surface area contributed by atoms with Gasteiger partial charge in [-0.15, -0.1) is 0 Å². The number of para-hydroxylation sites is 2. The molecule has 7 heteroatoms. The summed E-state index contributed by atoms with van der Waals surface area (Å²) in [6.07, 6.45) is 0. The second kappa shape index (κ2) is 5.89. The van der Waals surface area contributed by atoms with Gasteiger partial charge in [-0.1, -0.05) is 47.4 Å². The van der Waals surface area contributed by atoms with Crippen molar-refractivity contribution in [2.75, 3.05) is 11.1 Å². The maximum absolute atomic E-state index is 12.7. The molecule has 1 aromatic heterocycles. The summed E-state index contributed by atoms with van der Waals surface area (Å²) in [5, 5.41) is 15.1. The zero-order valence-electron chi connectivity index (χ0n) is 13.6. The van der Waals surface area contributed by atoms with Crippen molar-refractivity contribution in [1.29, 1.82) is 0 Å². The molecule has 0 atom stereocenters. The van der Waals surface area contributed by atoms with Crippen LogP contribution in [0.2, 0.25) is 0 Å². The van der Waals surface area contributed by atoms with Crippen LogP contribution in [-0.4, -0.2) is 15.8 Å². The van der Waals surface area contributed by atoms with Gasteiger partial charge in [0, 0.05) is 10.1 Å². The van der Waals surface area contributed by atoms with E-state index in [0.717, 1.165) is 10.8 Å². The number of carbonyl (C=O) groups excluding carboxylic acids is 1. The summed E-state index contributed by atoms with van der Waals surface area (Å²) in [5.41, 5.74) is 6.35. The first-order valence-corrected chi connectivity index (χ1v) is 7.91. The second-order valence-corrected chi connectivity index (χ2v) is 5.84. The first-order valence-electron chi connectivity index (χ1n) is 7.91. The second-order valence-electron chi connectivity index (χ2n) is 5.84. The van der Waals surface area contributed by atoms with Gasteiger partial charge in [-0.3, -0.25) is 10.5 Å². The Bertz CT molecular complexity index is 1230. The van der Waals surface area contributed by atoms with Gasteiger partial charge in [0.1, 0.15) is 5.52 Å². The van der Waals surface area contributed by atoms with Crippen molar-refractivity contribution in [1.82, 2.24) is 4.73 Å². The first-order chi connectivity index (χ1) is 12.6. The SMILES string of the molecule is Nc1c(C(=O)Nc2ccc3ccccc3c2)n(O)c2ccccc2[n+]1=O. The highest BCUT2D eigenvalue weighted by molar-refractivity contribution is 6.07. The summed E-state index contributed by atoms with van der Waals surface area (Å²) in [7, 11) is 0. The lowest BCUT2D eigenvalue weighted by atomic mass is 10.1. The van der Waals surface area contributed by atoms with E-state index in [0.29, 0.717) is 14.8 Å². The number of nitrogen functional groups attached to an aromatic ring is 1. The minimum absolute atomic E-state index is 0.162. The molecule has 0 spiro atoms. The van der Waals surface area contributed by atoms with Crippen LogP contribution >= 0.6 is 0 Å². The number of aromatic nitrogens is 2. The van der Waals surface area contributed by atoms with Crippen molar-refractivity contribution in [2.24, 2.45) is 0 Å².